The summed E-state index contributed by atoms with van der Waals surface area (Å²) in [5.74, 6) is -0.440. The van der Waals surface area contributed by atoms with Crippen molar-refractivity contribution in [2.24, 2.45) is 0 Å². The first-order valence-electron chi connectivity index (χ1n) is 4.92. The molecule has 0 radical (unpaired) electrons. The van der Waals surface area contributed by atoms with Gasteiger partial charge in [0, 0.05) is 12.4 Å². The molecule has 0 spiro atoms. The van der Waals surface area contributed by atoms with Gasteiger partial charge in [-0.15, -0.1) is 21.8 Å². The Kier molecular flexibility index (Phi) is 4.83. The number of alkyl halides is 7. The van der Waals surface area contributed by atoms with E-state index in [4.69, 9.17) is 11.6 Å². The highest BCUT2D eigenvalue weighted by Crippen LogP contribution is 2.28. The summed E-state index contributed by atoms with van der Waals surface area (Å²) in [4.78, 5) is 0.708. The highest BCUT2D eigenvalue weighted by Gasteiger charge is 2.34. The van der Waals surface area contributed by atoms with Gasteiger partial charge in [0.25, 0.3) is 0 Å². The lowest BCUT2D eigenvalue weighted by Gasteiger charge is -2.23. The number of hydrogen-bond donors (Lipinski definition) is 0. The Hall–Kier alpha value is -1.25. The largest absolute Gasteiger partial charge is 0.435 e. The van der Waals surface area contributed by atoms with Crippen LogP contribution in [0.2, 0.25) is 0 Å². The van der Waals surface area contributed by atoms with Crippen LogP contribution in [0.25, 0.3) is 0 Å². The second kappa shape index (κ2) is 5.81. The summed E-state index contributed by atoms with van der Waals surface area (Å²) in [7, 11) is 0. The lowest BCUT2D eigenvalue weighted by molar-refractivity contribution is -0.141. The zero-order valence-corrected chi connectivity index (χ0v) is 10.0. The lowest BCUT2D eigenvalue weighted by Crippen LogP contribution is -2.36. The fraction of sp³-hybridized carbons (Fsp3) is 0.556. The van der Waals surface area contributed by atoms with Crippen molar-refractivity contribution in [3.05, 3.63) is 17.8 Å². The van der Waals surface area contributed by atoms with E-state index in [9.17, 15) is 26.3 Å². The third-order valence-corrected chi connectivity index (χ3v) is 2.16. The van der Waals surface area contributed by atoms with Crippen molar-refractivity contribution >= 4 is 17.4 Å². The quantitative estimate of drug-likeness (QED) is 0.632. The number of hydrogen-bond acceptors (Lipinski definition) is 3. The Balaban J connectivity index is 2.91. The maximum Gasteiger partial charge on any atom is 0.435 e. The van der Waals surface area contributed by atoms with Crippen LogP contribution in [0.15, 0.2) is 12.1 Å². The minimum Gasteiger partial charge on any atom is -0.345 e. The van der Waals surface area contributed by atoms with E-state index in [1.807, 2.05) is 0 Å². The van der Waals surface area contributed by atoms with Gasteiger partial charge < -0.3 is 4.90 Å². The van der Waals surface area contributed by atoms with Gasteiger partial charge in [-0.25, -0.2) is 0 Å². The molecule has 0 saturated carbocycles. The Morgan fingerprint density at radius 1 is 1.05 bits per heavy atom. The van der Waals surface area contributed by atoms with Crippen LogP contribution >= 0.6 is 11.6 Å². The molecule has 0 bridgehead atoms. The molecule has 0 aliphatic carbocycles. The summed E-state index contributed by atoms with van der Waals surface area (Å²) in [6, 6.07) is 1.40. The van der Waals surface area contributed by atoms with Crippen molar-refractivity contribution in [1.82, 2.24) is 10.2 Å². The first kappa shape index (κ1) is 15.8. The maximum atomic E-state index is 12.3. The van der Waals surface area contributed by atoms with E-state index in [1.165, 1.54) is 0 Å². The lowest BCUT2D eigenvalue weighted by atomic mass is 10.3. The van der Waals surface area contributed by atoms with Gasteiger partial charge in [-0.05, 0) is 12.1 Å². The predicted molar refractivity (Wildman–Crippen MR) is 56.0 cm³/mol. The van der Waals surface area contributed by atoms with Crippen molar-refractivity contribution < 1.29 is 26.3 Å². The first-order chi connectivity index (χ1) is 8.63. The second-order valence-corrected chi connectivity index (χ2v) is 3.88. The van der Waals surface area contributed by atoms with Crippen LogP contribution in [-0.4, -0.2) is 35.3 Å². The molecule has 108 valence electrons. The van der Waals surface area contributed by atoms with E-state index >= 15 is 0 Å². The van der Waals surface area contributed by atoms with Crippen LogP contribution in [-0.2, 0) is 6.18 Å². The molecule has 19 heavy (non-hydrogen) atoms. The number of anilines is 1. The Morgan fingerprint density at radius 2 is 1.68 bits per heavy atom. The topological polar surface area (TPSA) is 29.0 Å². The number of rotatable bonds is 4. The van der Waals surface area contributed by atoms with Gasteiger partial charge in [0.2, 0.25) is 0 Å². The normalized spacial score (nSPS) is 12.6. The molecule has 0 unspecified atom stereocenters. The molecule has 3 nitrogen and oxygen atoms in total. The van der Waals surface area contributed by atoms with Crippen molar-refractivity contribution in [3.63, 3.8) is 0 Å². The highest BCUT2D eigenvalue weighted by atomic mass is 35.5. The minimum atomic E-state index is -4.69. The summed E-state index contributed by atoms with van der Waals surface area (Å²) in [5, 5.41) is 6.00. The summed E-state index contributed by atoms with van der Waals surface area (Å²) in [5.41, 5.74) is -1.27. The Morgan fingerprint density at radius 3 is 2.05 bits per heavy atom. The molecule has 0 N–H and O–H groups in total. The fourth-order valence-corrected chi connectivity index (χ4v) is 1.44. The van der Waals surface area contributed by atoms with Gasteiger partial charge in [-0.2, -0.15) is 26.3 Å². The molecule has 0 aromatic carbocycles. The molecule has 1 aromatic rings. The van der Waals surface area contributed by atoms with Crippen LogP contribution in [0.3, 0.4) is 0 Å². The average Bonchev–Trinajstić information content (AvgIpc) is 2.26. The molecular formula is C9H8ClF6N3. The smallest absolute Gasteiger partial charge is 0.345 e. The average molecular weight is 308 g/mol. The van der Waals surface area contributed by atoms with Gasteiger partial charge in [0.15, 0.2) is 11.5 Å². The van der Waals surface area contributed by atoms with E-state index in [2.05, 4.69) is 10.2 Å². The monoisotopic (exact) mass is 307 g/mol. The third kappa shape index (κ3) is 5.09. The molecule has 10 heteroatoms. The van der Waals surface area contributed by atoms with Gasteiger partial charge in [0.1, 0.15) is 6.54 Å². The van der Waals surface area contributed by atoms with Crippen molar-refractivity contribution in [2.75, 3.05) is 23.9 Å². The van der Waals surface area contributed by atoms with Crippen LogP contribution in [0.5, 0.6) is 0 Å². The fourth-order valence-electron chi connectivity index (χ4n) is 1.24. The predicted octanol–water partition coefficient (Wildman–Crippen LogP) is 3.10. The number of nitrogens with zero attached hydrogens (tertiary/aromatic N) is 3. The zero-order chi connectivity index (χ0) is 14.7. The van der Waals surface area contributed by atoms with Crippen molar-refractivity contribution in [1.29, 1.82) is 0 Å². The van der Waals surface area contributed by atoms with Gasteiger partial charge in [-0.1, -0.05) is 0 Å². The van der Waals surface area contributed by atoms with Crippen molar-refractivity contribution in [2.45, 2.75) is 12.4 Å². The molecule has 1 aromatic heterocycles. The molecule has 0 aliphatic rings. The number of halogens is 7. The number of aromatic nitrogens is 2. The van der Waals surface area contributed by atoms with E-state index in [0.29, 0.717) is 11.0 Å². The minimum absolute atomic E-state index is 0.126. The SMILES string of the molecule is FC(F)(F)CN(CCCl)c1ccc(C(F)(F)F)nn1. The third-order valence-electron chi connectivity index (χ3n) is 1.99. The Labute approximate surface area is 109 Å². The van der Waals surface area contributed by atoms with Crippen molar-refractivity contribution in [3.8, 4) is 0 Å². The molecule has 0 atom stereocenters. The highest BCUT2D eigenvalue weighted by molar-refractivity contribution is 6.18. The standard InChI is InChI=1S/C9H8ClF6N3/c10-3-4-19(5-8(11,12)13)7-2-1-6(17-18-7)9(14,15)16/h1-2H,3-5H2. The van der Waals surface area contributed by atoms with Gasteiger partial charge >= 0.3 is 12.4 Å². The summed E-state index contributed by atoms with van der Waals surface area (Å²) in [6.45, 7) is -1.57. The van der Waals surface area contributed by atoms with Crippen LogP contribution < -0.4 is 4.90 Å². The molecular weight excluding hydrogens is 300 g/mol. The second-order valence-electron chi connectivity index (χ2n) is 3.50. The van der Waals surface area contributed by atoms with Crippen LogP contribution in [0.4, 0.5) is 32.2 Å². The molecule has 0 fully saturated rings. The summed E-state index contributed by atoms with van der Waals surface area (Å²) in [6.07, 6.45) is -9.21. The van der Waals surface area contributed by atoms with E-state index in [0.717, 1.165) is 6.07 Å². The van der Waals surface area contributed by atoms with Crippen LogP contribution in [0.1, 0.15) is 5.69 Å². The van der Waals surface area contributed by atoms with Crippen LogP contribution in [0, 0.1) is 0 Å². The maximum absolute atomic E-state index is 12.3. The molecule has 1 heterocycles. The first-order valence-corrected chi connectivity index (χ1v) is 5.45. The summed E-state index contributed by atoms with van der Waals surface area (Å²) < 4.78 is 73.5. The molecule has 0 saturated heterocycles. The Bertz CT molecular complexity index is 402. The van der Waals surface area contributed by atoms with E-state index in [1.54, 1.807) is 0 Å². The molecule has 0 aliphatic heterocycles. The molecule has 0 amide bonds. The van der Waals surface area contributed by atoms with E-state index < -0.39 is 24.6 Å². The molecule has 1 rings (SSSR count). The van der Waals surface area contributed by atoms with Gasteiger partial charge in [-0.3, -0.25) is 0 Å². The summed E-state index contributed by atoms with van der Waals surface area (Å²) >= 11 is 5.34. The van der Waals surface area contributed by atoms with Gasteiger partial charge in [0.05, 0.1) is 0 Å². The zero-order valence-electron chi connectivity index (χ0n) is 9.26. The van der Waals surface area contributed by atoms with E-state index in [-0.39, 0.29) is 18.2 Å².